The lowest BCUT2D eigenvalue weighted by Gasteiger charge is -2.22. The van der Waals surface area contributed by atoms with Crippen molar-refractivity contribution in [2.24, 2.45) is 11.1 Å². The molecule has 0 radical (unpaired) electrons. The third kappa shape index (κ3) is 5.28. The van der Waals surface area contributed by atoms with Crippen molar-refractivity contribution >= 4 is 30.1 Å². The maximum Gasteiger partial charge on any atom is 0.253 e. The Labute approximate surface area is 173 Å². The van der Waals surface area contributed by atoms with Crippen LogP contribution in [0.2, 0.25) is 0 Å². The van der Waals surface area contributed by atoms with Crippen molar-refractivity contribution in [3.8, 4) is 0 Å². The molecule has 0 bridgehead atoms. The molecular formula is C22H29ClN2OS. The van der Waals surface area contributed by atoms with E-state index in [0.29, 0.717) is 6.54 Å². The molecule has 0 aliphatic carbocycles. The number of nitrogens with zero attached hydrogens (tertiary/aromatic N) is 1. The van der Waals surface area contributed by atoms with Gasteiger partial charge in [0.05, 0.1) is 0 Å². The Balaban J connectivity index is 0.00000261. The number of thioether (sulfide) groups is 1. The van der Waals surface area contributed by atoms with Gasteiger partial charge in [-0.15, -0.1) is 24.2 Å². The molecule has 0 aromatic heterocycles. The van der Waals surface area contributed by atoms with E-state index in [0.717, 1.165) is 30.8 Å². The zero-order chi connectivity index (χ0) is 18.7. The largest absolute Gasteiger partial charge is 0.338 e. The van der Waals surface area contributed by atoms with Gasteiger partial charge < -0.3 is 10.6 Å². The highest BCUT2D eigenvalue weighted by Gasteiger charge is 2.35. The van der Waals surface area contributed by atoms with Crippen molar-refractivity contribution in [2.75, 3.05) is 19.6 Å². The molecule has 3 rings (SSSR count). The first-order chi connectivity index (χ1) is 12.4. The average molecular weight is 405 g/mol. The monoisotopic (exact) mass is 404 g/mol. The van der Waals surface area contributed by atoms with Gasteiger partial charge in [-0.3, -0.25) is 4.79 Å². The summed E-state index contributed by atoms with van der Waals surface area (Å²) < 4.78 is 0. The van der Waals surface area contributed by atoms with Crippen LogP contribution in [0.5, 0.6) is 0 Å². The first-order valence-corrected chi connectivity index (χ1v) is 10.2. The summed E-state index contributed by atoms with van der Waals surface area (Å²) >= 11 is 1.82. The van der Waals surface area contributed by atoms with E-state index >= 15 is 0 Å². The van der Waals surface area contributed by atoms with Gasteiger partial charge >= 0.3 is 0 Å². The highest BCUT2D eigenvalue weighted by Crippen LogP contribution is 2.30. The minimum absolute atomic E-state index is 0. The Morgan fingerprint density at radius 2 is 2.00 bits per heavy atom. The van der Waals surface area contributed by atoms with Crippen LogP contribution in [-0.2, 0) is 5.75 Å². The molecule has 1 aliphatic heterocycles. The molecule has 2 aromatic carbocycles. The summed E-state index contributed by atoms with van der Waals surface area (Å²) in [5.41, 5.74) is 10.5. The van der Waals surface area contributed by atoms with Gasteiger partial charge in [0.15, 0.2) is 0 Å². The molecule has 1 unspecified atom stereocenters. The fraction of sp³-hybridized carbons (Fsp3) is 0.409. The van der Waals surface area contributed by atoms with E-state index in [-0.39, 0.29) is 23.7 Å². The van der Waals surface area contributed by atoms with Crippen LogP contribution in [0.3, 0.4) is 0 Å². The number of benzene rings is 2. The van der Waals surface area contributed by atoms with E-state index in [1.54, 1.807) is 0 Å². The van der Waals surface area contributed by atoms with Crippen LogP contribution >= 0.6 is 24.2 Å². The van der Waals surface area contributed by atoms with E-state index < -0.39 is 0 Å². The van der Waals surface area contributed by atoms with Crippen molar-refractivity contribution in [1.82, 2.24) is 4.90 Å². The summed E-state index contributed by atoms with van der Waals surface area (Å²) in [4.78, 5) is 16.1. The van der Waals surface area contributed by atoms with E-state index in [1.807, 2.05) is 34.9 Å². The first kappa shape index (κ1) is 21.8. The Hall–Kier alpha value is -1.49. The standard InChI is InChI=1S/C22H28N2OS.ClH/c1-16-7-8-20(17(2)11-16)26-13-18-5-4-6-19(12-18)21(25)24-10-9-22(3,14-23)15-24;/h4-8,11-12H,9-10,13-15,23H2,1-3H3;1H. The van der Waals surface area contributed by atoms with E-state index in [1.165, 1.54) is 21.6 Å². The number of rotatable bonds is 5. The maximum absolute atomic E-state index is 12.8. The summed E-state index contributed by atoms with van der Waals surface area (Å²) in [5, 5.41) is 0. The van der Waals surface area contributed by atoms with Gasteiger partial charge in [0.25, 0.3) is 5.91 Å². The van der Waals surface area contributed by atoms with Crippen molar-refractivity contribution in [1.29, 1.82) is 0 Å². The van der Waals surface area contributed by atoms with Gasteiger partial charge in [0, 0.05) is 29.3 Å². The number of likely N-dealkylation sites (tertiary alicyclic amines) is 1. The lowest BCUT2D eigenvalue weighted by molar-refractivity contribution is 0.0777. The summed E-state index contributed by atoms with van der Waals surface area (Å²) in [6, 6.07) is 14.6. The Morgan fingerprint density at radius 1 is 1.22 bits per heavy atom. The van der Waals surface area contributed by atoms with Crippen molar-refractivity contribution < 1.29 is 4.79 Å². The predicted molar refractivity (Wildman–Crippen MR) is 117 cm³/mol. The van der Waals surface area contributed by atoms with Gasteiger partial charge in [-0.25, -0.2) is 0 Å². The minimum atomic E-state index is 0. The van der Waals surface area contributed by atoms with Crippen molar-refractivity contribution in [2.45, 2.75) is 37.8 Å². The third-order valence-corrected chi connectivity index (χ3v) is 6.48. The zero-order valence-electron chi connectivity index (χ0n) is 16.3. The van der Waals surface area contributed by atoms with Crippen LogP contribution in [-0.4, -0.2) is 30.4 Å². The SMILES string of the molecule is Cc1ccc(SCc2cccc(C(=O)N3CCC(C)(CN)C3)c2)c(C)c1.Cl. The Morgan fingerprint density at radius 3 is 2.67 bits per heavy atom. The topological polar surface area (TPSA) is 46.3 Å². The summed E-state index contributed by atoms with van der Waals surface area (Å²) in [7, 11) is 0. The molecule has 0 spiro atoms. The summed E-state index contributed by atoms with van der Waals surface area (Å²) in [6.45, 7) is 8.61. The Kier molecular flexibility index (Phi) is 7.38. The molecule has 1 amide bonds. The number of amides is 1. The fourth-order valence-corrected chi connectivity index (χ4v) is 4.42. The number of carbonyl (C=O) groups excluding carboxylic acids is 1. The molecule has 1 aliphatic rings. The van der Waals surface area contributed by atoms with Gasteiger partial charge in [-0.05, 0) is 61.6 Å². The molecule has 0 saturated carbocycles. The maximum atomic E-state index is 12.8. The molecule has 3 nitrogen and oxygen atoms in total. The average Bonchev–Trinajstić information content (AvgIpc) is 3.03. The fourth-order valence-electron chi connectivity index (χ4n) is 3.46. The molecule has 2 N–H and O–H groups in total. The van der Waals surface area contributed by atoms with Crippen molar-refractivity contribution in [3.05, 3.63) is 64.7 Å². The molecule has 2 aromatic rings. The summed E-state index contributed by atoms with van der Waals surface area (Å²) in [5.74, 6) is 0.992. The number of carbonyl (C=O) groups is 1. The lowest BCUT2D eigenvalue weighted by atomic mass is 9.90. The quantitative estimate of drug-likeness (QED) is 0.726. The van der Waals surface area contributed by atoms with E-state index in [4.69, 9.17) is 5.73 Å². The van der Waals surface area contributed by atoms with Gasteiger partial charge in [-0.1, -0.05) is 36.8 Å². The second-order valence-corrected chi connectivity index (χ2v) is 8.77. The van der Waals surface area contributed by atoms with Crippen molar-refractivity contribution in [3.63, 3.8) is 0 Å². The van der Waals surface area contributed by atoms with Gasteiger partial charge in [-0.2, -0.15) is 0 Å². The molecule has 27 heavy (non-hydrogen) atoms. The number of hydrogen-bond donors (Lipinski definition) is 1. The number of halogens is 1. The predicted octanol–water partition coefficient (Wildman–Crippen LogP) is 4.83. The van der Waals surface area contributed by atoms with E-state index in [2.05, 4.69) is 45.0 Å². The molecule has 1 atom stereocenters. The first-order valence-electron chi connectivity index (χ1n) is 9.18. The molecule has 146 valence electrons. The smallest absolute Gasteiger partial charge is 0.253 e. The van der Waals surface area contributed by atoms with Crippen LogP contribution in [0, 0.1) is 19.3 Å². The van der Waals surface area contributed by atoms with Gasteiger partial charge in [0.1, 0.15) is 0 Å². The molecular weight excluding hydrogens is 376 g/mol. The normalized spacial score (nSPS) is 19.0. The Bertz CT molecular complexity index is 811. The van der Waals surface area contributed by atoms with E-state index in [9.17, 15) is 4.79 Å². The van der Waals surface area contributed by atoms with Crippen LogP contribution in [0.1, 0.15) is 40.4 Å². The molecule has 1 saturated heterocycles. The van der Waals surface area contributed by atoms with Crippen LogP contribution in [0.4, 0.5) is 0 Å². The highest BCUT2D eigenvalue weighted by atomic mass is 35.5. The van der Waals surface area contributed by atoms with Crippen LogP contribution in [0.15, 0.2) is 47.4 Å². The molecule has 5 heteroatoms. The molecule has 1 heterocycles. The minimum Gasteiger partial charge on any atom is -0.338 e. The van der Waals surface area contributed by atoms with Crippen LogP contribution < -0.4 is 5.73 Å². The lowest BCUT2D eigenvalue weighted by Crippen LogP contribution is -2.34. The second-order valence-electron chi connectivity index (χ2n) is 7.75. The second kappa shape index (κ2) is 9.13. The third-order valence-electron chi connectivity index (χ3n) is 5.24. The number of nitrogens with two attached hydrogens (primary N) is 1. The summed E-state index contributed by atoms with van der Waals surface area (Å²) in [6.07, 6.45) is 0.984. The number of aryl methyl sites for hydroxylation is 2. The zero-order valence-corrected chi connectivity index (χ0v) is 18.0. The van der Waals surface area contributed by atoms with Crippen LogP contribution in [0.25, 0.3) is 0 Å². The van der Waals surface area contributed by atoms with Gasteiger partial charge in [0.2, 0.25) is 0 Å². The molecule has 1 fully saturated rings. The number of hydrogen-bond acceptors (Lipinski definition) is 3. The highest BCUT2D eigenvalue weighted by molar-refractivity contribution is 7.98.